The first kappa shape index (κ1) is 18.9. The Morgan fingerprint density at radius 1 is 0.900 bits per heavy atom. The number of hydrogen-bond acceptors (Lipinski definition) is 6. The molecule has 9 nitrogen and oxygen atoms in total. The molecule has 0 atom stereocenters. The Kier molecular flexibility index (Phi) is 5.52. The zero-order valence-corrected chi connectivity index (χ0v) is 16.0. The van der Waals surface area contributed by atoms with Crippen LogP contribution in [0.2, 0.25) is 0 Å². The summed E-state index contributed by atoms with van der Waals surface area (Å²) in [6, 6.07) is 18.9. The second-order valence-electron chi connectivity index (χ2n) is 6.12. The van der Waals surface area contributed by atoms with Gasteiger partial charge in [0.05, 0.1) is 7.11 Å². The van der Waals surface area contributed by atoms with Crippen molar-refractivity contribution >= 4 is 17.4 Å². The topological polar surface area (TPSA) is 103 Å². The van der Waals surface area contributed by atoms with Crippen molar-refractivity contribution in [3.63, 3.8) is 0 Å². The standard InChI is InChI=1S/C21H18N6O3/c1-29-18-5-2-4-16(14-18)24-21(28)23-15-6-8-17(9-7-15)30-20-11-10-19(25-26-20)27-13-3-12-22-27/h2-14H,1H3,(H2,23,24,28). The number of benzene rings is 2. The maximum atomic E-state index is 12.2. The summed E-state index contributed by atoms with van der Waals surface area (Å²) >= 11 is 0. The summed E-state index contributed by atoms with van der Waals surface area (Å²) < 4.78 is 12.4. The van der Waals surface area contributed by atoms with Crippen molar-refractivity contribution in [3.05, 3.63) is 79.1 Å². The molecule has 0 radical (unpaired) electrons. The SMILES string of the molecule is COc1cccc(NC(=O)Nc2ccc(Oc3ccc(-n4cccn4)nn3)cc2)c1. The molecule has 4 aromatic rings. The summed E-state index contributed by atoms with van der Waals surface area (Å²) in [6.45, 7) is 0. The third-order valence-corrected chi connectivity index (χ3v) is 4.03. The lowest BCUT2D eigenvalue weighted by Gasteiger charge is -2.10. The van der Waals surface area contributed by atoms with E-state index in [1.54, 1.807) is 90.9 Å². The summed E-state index contributed by atoms with van der Waals surface area (Å²) in [5.74, 6) is 2.17. The predicted octanol–water partition coefficient (Wildman–Crippen LogP) is 4.11. The molecular weight excluding hydrogens is 384 g/mol. The maximum Gasteiger partial charge on any atom is 0.323 e. The van der Waals surface area contributed by atoms with E-state index in [9.17, 15) is 4.79 Å². The van der Waals surface area contributed by atoms with E-state index in [0.717, 1.165) is 0 Å². The number of aromatic nitrogens is 4. The van der Waals surface area contributed by atoms with E-state index >= 15 is 0 Å². The highest BCUT2D eigenvalue weighted by Crippen LogP contribution is 2.22. The number of hydrogen-bond donors (Lipinski definition) is 2. The van der Waals surface area contributed by atoms with Crippen LogP contribution < -0.4 is 20.1 Å². The van der Waals surface area contributed by atoms with Crippen molar-refractivity contribution in [1.82, 2.24) is 20.0 Å². The number of nitrogens with zero attached hydrogens (tertiary/aromatic N) is 4. The van der Waals surface area contributed by atoms with Gasteiger partial charge in [-0.3, -0.25) is 0 Å². The monoisotopic (exact) mass is 402 g/mol. The minimum atomic E-state index is -0.364. The van der Waals surface area contributed by atoms with E-state index in [4.69, 9.17) is 9.47 Å². The Bertz CT molecular complexity index is 1110. The summed E-state index contributed by atoms with van der Waals surface area (Å²) in [6.07, 6.45) is 3.44. The second-order valence-corrected chi connectivity index (χ2v) is 6.12. The zero-order valence-electron chi connectivity index (χ0n) is 16.0. The van der Waals surface area contributed by atoms with Gasteiger partial charge in [0.1, 0.15) is 11.5 Å². The van der Waals surface area contributed by atoms with E-state index in [1.807, 2.05) is 0 Å². The van der Waals surface area contributed by atoms with Gasteiger partial charge in [0.25, 0.3) is 0 Å². The number of carbonyl (C=O) groups excluding carboxylic acids is 1. The molecule has 0 spiro atoms. The van der Waals surface area contributed by atoms with Gasteiger partial charge >= 0.3 is 6.03 Å². The van der Waals surface area contributed by atoms with Gasteiger partial charge in [-0.25, -0.2) is 9.48 Å². The summed E-state index contributed by atoms with van der Waals surface area (Å²) in [4.78, 5) is 12.2. The molecule has 150 valence electrons. The quantitative estimate of drug-likeness (QED) is 0.503. The average molecular weight is 402 g/mol. The third kappa shape index (κ3) is 4.71. The first-order valence-electron chi connectivity index (χ1n) is 9.03. The summed E-state index contributed by atoms with van der Waals surface area (Å²) in [5.41, 5.74) is 1.24. The molecule has 0 bridgehead atoms. The van der Waals surface area contributed by atoms with Gasteiger partial charge in [-0.2, -0.15) is 5.10 Å². The maximum absolute atomic E-state index is 12.2. The van der Waals surface area contributed by atoms with Gasteiger partial charge in [-0.15, -0.1) is 10.2 Å². The molecule has 0 aliphatic rings. The highest BCUT2D eigenvalue weighted by molar-refractivity contribution is 5.99. The fourth-order valence-electron chi connectivity index (χ4n) is 2.62. The highest BCUT2D eigenvalue weighted by atomic mass is 16.5. The second kappa shape index (κ2) is 8.74. The number of ether oxygens (including phenoxy) is 2. The van der Waals surface area contributed by atoms with Crippen molar-refractivity contribution in [1.29, 1.82) is 0 Å². The lowest BCUT2D eigenvalue weighted by Crippen LogP contribution is -2.19. The van der Waals surface area contributed by atoms with Crippen molar-refractivity contribution in [2.75, 3.05) is 17.7 Å². The fraction of sp³-hybridized carbons (Fsp3) is 0.0476. The van der Waals surface area contributed by atoms with E-state index in [1.165, 1.54) is 0 Å². The van der Waals surface area contributed by atoms with Crippen LogP contribution in [0.15, 0.2) is 79.1 Å². The Hall–Kier alpha value is -4.40. The summed E-state index contributed by atoms with van der Waals surface area (Å²) in [7, 11) is 1.57. The molecule has 2 amide bonds. The number of amides is 2. The van der Waals surface area contributed by atoms with E-state index < -0.39 is 0 Å². The van der Waals surface area contributed by atoms with Crippen LogP contribution in [0.3, 0.4) is 0 Å². The fourth-order valence-corrected chi connectivity index (χ4v) is 2.62. The number of rotatable bonds is 6. The van der Waals surface area contributed by atoms with Crippen molar-refractivity contribution in [2.24, 2.45) is 0 Å². The smallest absolute Gasteiger partial charge is 0.323 e. The van der Waals surface area contributed by atoms with Gasteiger partial charge in [0, 0.05) is 35.9 Å². The van der Waals surface area contributed by atoms with Gasteiger partial charge in [0.2, 0.25) is 5.88 Å². The first-order chi connectivity index (χ1) is 14.7. The number of urea groups is 1. The van der Waals surface area contributed by atoms with Crippen LogP contribution in [-0.2, 0) is 0 Å². The summed E-state index contributed by atoms with van der Waals surface area (Å²) in [5, 5.41) is 17.7. The van der Waals surface area contributed by atoms with Crippen LogP contribution in [-0.4, -0.2) is 33.1 Å². The highest BCUT2D eigenvalue weighted by Gasteiger charge is 2.06. The molecule has 9 heteroatoms. The molecule has 0 saturated heterocycles. The van der Waals surface area contributed by atoms with Crippen molar-refractivity contribution in [2.45, 2.75) is 0 Å². The minimum Gasteiger partial charge on any atom is -0.497 e. The molecule has 0 saturated carbocycles. The molecule has 2 heterocycles. The molecule has 0 unspecified atom stereocenters. The molecular formula is C21H18N6O3. The largest absolute Gasteiger partial charge is 0.497 e. The lowest BCUT2D eigenvalue weighted by molar-refractivity contribution is 0.262. The van der Waals surface area contributed by atoms with Crippen LogP contribution in [0, 0.1) is 0 Å². The third-order valence-electron chi connectivity index (χ3n) is 4.03. The number of nitrogens with one attached hydrogen (secondary N) is 2. The van der Waals surface area contributed by atoms with Crippen LogP contribution >= 0.6 is 0 Å². The Morgan fingerprint density at radius 2 is 1.73 bits per heavy atom. The van der Waals surface area contributed by atoms with E-state index in [2.05, 4.69) is 25.9 Å². The molecule has 30 heavy (non-hydrogen) atoms. The molecule has 0 fully saturated rings. The van der Waals surface area contributed by atoms with Crippen LogP contribution in [0.1, 0.15) is 0 Å². The van der Waals surface area contributed by atoms with Gasteiger partial charge in [0.15, 0.2) is 5.82 Å². The lowest BCUT2D eigenvalue weighted by atomic mass is 10.3. The zero-order chi connectivity index (χ0) is 20.8. The average Bonchev–Trinajstić information content (AvgIpc) is 3.31. The normalized spacial score (nSPS) is 10.3. The van der Waals surface area contributed by atoms with Crippen LogP contribution in [0.4, 0.5) is 16.2 Å². The van der Waals surface area contributed by atoms with Crippen LogP contribution in [0.25, 0.3) is 5.82 Å². The Morgan fingerprint density at radius 3 is 2.43 bits per heavy atom. The Labute approximate surface area is 172 Å². The van der Waals surface area contributed by atoms with E-state index in [0.29, 0.717) is 34.6 Å². The molecule has 0 aliphatic carbocycles. The predicted molar refractivity (Wildman–Crippen MR) is 111 cm³/mol. The molecule has 2 aromatic carbocycles. The van der Waals surface area contributed by atoms with Crippen molar-refractivity contribution in [3.8, 4) is 23.2 Å². The number of carbonyl (C=O) groups is 1. The number of methoxy groups -OCH3 is 1. The molecule has 4 rings (SSSR count). The van der Waals surface area contributed by atoms with Gasteiger partial charge < -0.3 is 20.1 Å². The van der Waals surface area contributed by atoms with Gasteiger partial charge in [-0.1, -0.05) is 6.07 Å². The minimum absolute atomic E-state index is 0.349. The van der Waals surface area contributed by atoms with Crippen LogP contribution in [0.5, 0.6) is 17.4 Å². The van der Waals surface area contributed by atoms with Crippen molar-refractivity contribution < 1.29 is 14.3 Å². The van der Waals surface area contributed by atoms with E-state index in [-0.39, 0.29) is 6.03 Å². The molecule has 2 N–H and O–H groups in total. The molecule has 0 aliphatic heterocycles. The first-order valence-corrected chi connectivity index (χ1v) is 9.03. The van der Waals surface area contributed by atoms with Gasteiger partial charge in [-0.05, 0) is 48.5 Å². The number of anilines is 2. The molecule has 2 aromatic heterocycles. The Balaban J connectivity index is 1.34.